The standard InChI is InChI=1S/C59H108O6/c1-4-7-10-13-16-19-22-24-26-28-29-31-33-35-38-40-43-46-49-52-58(61)64-55-56(65-59(62)53-50-47-44-41-36-21-18-15-12-9-6-3)54-63-57(60)51-48-45-42-39-37-34-32-30-27-25-23-20-17-14-11-8-5-2/h15,17-18,20,25,27,56H,4-14,16,19,21-24,26,28-55H2,1-3H3/b18-15-,20-17-,27-25-/t56-/m1/s1. The number of carbonyl (C=O) groups excluding carboxylic acids is 3. The third-order valence-electron chi connectivity index (χ3n) is 12.6. The number of esters is 3. The molecule has 0 heterocycles. The molecule has 0 aromatic heterocycles. The second-order valence-corrected chi connectivity index (χ2v) is 19.2. The lowest BCUT2D eigenvalue weighted by Crippen LogP contribution is -2.30. The number of allylic oxidation sites excluding steroid dienone is 6. The molecule has 1 atom stereocenters. The van der Waals surface area contributed by atoms with Crippen LogP contribution in [0.15, 0.2) is 36.5 Å². The summed E-state index contributed by atoms with van der Waals surface area (Å²) in [6.07, 6.45) is 64.2. The van der Waals surface area contributed by atoms with E-state index >= 15 is 0 Å². The van der Waals surface area contributed by atoms with Gasteiger partial charge in [-0.2, -0.15) is 0 Å². The molecule has 0 rings (SSSR count). The number of hydrogen-bond donors (Lipinski definition) is 0. The Morgan fingerprint density at radius 3 is 0.938 bits per heavy atom. The molecule has 0 aliphatic carbocycles. The first-order valence-corrected chi connectivity index (χ1v) is 28.5. The fraction of sp³-hybridized carbons (Fsp3) is 0.847. The summed E-state index contributed by atoms with van der Waals surface area (Å²) in [5.74, 6) is -0.877. The smallest absolute Gasteiger partial charge is 0.306 e. The summed E-state index contributed by atoms with van der Waals surface area (Å²) < 4.78 is 16.8. The Labute approximate surface area is 404 Å². The summed E-state index contributed by atoms with van der Waals surface area (Å²) >= 11 is 0. The van der Waals surface area contributed by atoms with Crippen LogP contribution in [-0.4, -0.2) is 37.2 Å². The van der Waals surface area contributed by atoms with E-state index in [4.69, 9.17) is 14.2 Å². The van der Waals surface area contributed by atoms with Gasteiger partial charge in [0.2, 0.25) is 0 Å². The molecule has 65 heavy (non-hydrogen) atoms. The monoisotopic (exact) mass is 913 g/mol. The van der Waals surface area contributed by atoms with Crippen molar-refractivity contribution >= 4 is 17.9 Å². The fourth-order valence-electron chi connectivity index (χ4n) is 8.28. The molecule has 0 bridgehead atoms. The van der Waals surface area contributed by atoms with Gasteiger partial charge in [-0.05, 0) is 70.6 Å². The summed E-state index contributed by atoms with van der Waals surface area (Å²) in [6, 6.07) is 0. The maximum atomic E-state index is 12.8. The van der Waals surface area contributed by atoms with E-state index in [9.17, 15) is 14.4 Å². The van der Waals surface area contributed by atoms with Crippen LogP contribution in [0.1, 0.15) is 303 Å². The highest BCUT2D eigenvalue weighted by Gasteiger charge is 2.19. The van der Waals surface area contributed by atoms with Gasteiger partial charge in [0, 0.05) is 19.3 Å². The quantitative estimate of drug-likeness (QED) is 0.0262. The Hall–Kier alpha value is -2.37. The van der Waals surface area contributed by atoms with Crippen molar-refractivity contribution in [1.82, 2.24) is 0 Å². The predicted molar refractivity (Wildman–Crippen MR) is 279 cm³/mol. The molecule has 0 amide bonds. The van der Waals surface area contributed by atoms with Crippen LogP contribution in [0.2, 0.25) is 0 Å². The average molecular weight is 914 g/mol. The van der Waals surface area contributed by atoms with Crippen LogP contribution in [0.25, 0.3) is 0 Å². The van der Waals surface area contributed by atoms with E-state index in [0.29, 0.717) is 19.3 Å². The third-order valence-corrected chi connectivity index (χ3v) is 12.6. The number of carbonyl (C=O) groups is 3. The first kappa shape index (κ1) is 62.6. The van der Waals surface area contributed by atoms with Crippen molar-refractivity contribution in [1.29, 1.82) is 0 Å². The molecule has 6 heteroatoms. The van der Waals surface area contributed by atoms with Gasteiger partial charge in [-0.3, -0.25) is 14.4 Å². The van der Waals surface area contributed by atoms with Crippen molar-refractivity contribution in [2.45, 2.75) is 309 Å². The van der Waals surface area contributed by atoms with Gasteiger partial charge < -0.3 is 14.2 Å². The van der Waals surface area contributed by atoms with Gasteiger partial charge in [0.1, 0.15) is 13.2 Å². The molecule has 0 N–H and O–H groups in total. The highest BCUT2D eigenvalue weighted by molar-refractivity contribution is 5.71. The number of hydrogen-bond acceptors (Lipinski definition) is 6. The second-order valence-electron chi connectivity index (χ2n) is 19.2. The Morgan fingerprint density at radius 2 is 0.569 bits per heavy atom. The van der Waals surface area contributed by atoms with Crippen molar-refractivity contribution in [3.8, 4) is 0 Å². The minimum absolute atomic E-state index is 0.0747. The molecule has 0 spiro atoms. The first-order chi connectivity index (χ1) is 32.0. The highest BCUT2D eigenvalue weighted by atomic mass is 16.6. The molecule has 0 aromatic carbocycles. The summed E-state index contributed by atoms with van der Waals surface area (Å²) in [5.41, 5.74) is 0. The molecule has 380 valence electrons. The zero-order chi connectivity index (χ0) is 47.2. The van der Waals surface area contributed by atoms with Crippen LogP contribution in [0.4, 0.5) is 0 Å². The Bertz CT molecular complexity index is 1090. The minimum atomic E-state index is -0.776. The van der Waals surface area contributed by atoms with E-state index in [1.807, 2.05) is 0 Å². The fourth-order valence-corrected chi connectivity index (χ4v) is 8.28. The molecule has 0 aliphatic heterocycles. The van der Waals surface area contributed by atoms with Gasteiger partial charge in [0.15, 0.2) is 6.10 Å². The van der Waals surface area contributed by atoms with Crippen LogP contribution >= 0.6 is 0 Å². The number of rotatable bonds is 52. The van der Waals surface area contributed by atoms with Gasteiger partial charge in [0.25, 0.3) is 0 Å². The van der Waals surface area contributed by atoms with Crippen molar-refractivity contribution < 1.29 is 28.6 Å². The molecule has 0 saturated carbocycles. The SMILES string of the molecule is CCCC/C=C\CCCCCCCC(=O)O[C@H](COC(=O)CCCCCCCCC/C=C\C/C=C\CCCCC)COC(=O)CCCCCCCCCCCCCCCCCCCCC. The lowest BCUT2D eigenvalue weighted by Gasteiger charge is -2.18. The Balaban J connectivity index is 4.28. The lowest BCUT2D eigenvalue weighted by molar-refractivity contribution is -0.167. The van der Waals surface area contributed by atoms with Crippen molar-refractivity contribution in [3.05, 3.63) is 36.5 Å². The van der Waals surface area contributed by atoms with E-state index in [0.717, 1.165) is 83.5 Å². The van der Waals surface area contributed by atoms with Gasteiger partial charge in [-0.15, -0.1) is 0 Å². The Morgan fingerprint density at radius 1 is 0.308 bits per heavy atom. The third kappa shape index (κ3) is 52.5. The molecule has 6 nitrogen and oxygen atoms in total. The molecular weight excluding hydrogens is 805 g/mol. The van der Waals surface area contributed by atoms with Crippen molar-refractivity contribution in [3.63, 3.8) is 0 Å². The minimum Gasteiger partial charge on any atom is -0.462 e. The van der Waals surface area contributed by atoms with Crippen molar-refractivity contribution in [2.24, 2.45) is 0 Å². The average Bonchev–Trinajstić information content (AvgIpc) is 3.30. The molecule has 0 radical (unpaired) electrons. The summed E-state index contributed by atoms with van der Waals surface area (Å²) in [5, 5.41) is 0. The van der Waals surface area contributed by atoms with Gasteiger partial charge in [0.05, 0.1) is 0 Å². The van der Waals surface area contributed by atoms with Gasteiger partial charge in [-0.1, -0.05) is 250 Å². The summed E-state index contributed by atoms with van der Waals surface area (Å²) in [4.78, 5) is 38.1. The van der Waals surface area contributed by atoms with Crippen LogP contribution in [0, 0.1) is 0 Å². The highest BCUT2D eigenvalue weighted by Crippen LogP contribution is 2.16. The Kier molecular flexibility index (Phi) is 52.3. The first-order valence-electron chi connectivity index (χ1n) is 28.5. The second kappa shape index (κ2) is 54.2. The lowest BCUT2D eigenvalue weighted by atomic mass is 10.0. The summed E-state index contributed by atoms with van der Waals surface area (Å²) in [7, 11) is 0. The maximum absolute atomic E-state index is 12.8. The van der Waals surface area contributed by atoms with E-state index in [-0.39, 0.29) is 31.1 Å². The number of ether oxygens (including phenoxy) is 3. The van der Waals surface area contributed by atoms with E-state index in [2.05, 4.69) is 57.2 Å². The van der Waals surface area contributed by atoms with E-state index in [1.54, 1.807) is 0 Å². The van der Waals surface area contributed by atoms with Crippen LogP contribution in [0.5, 0.6) is 0 Å². The summed E-state index contributed by atoms with van der Waals surface area (Å²) in [6.45, 7) is 6.60. The zero-order valence-corrected chi connectivity index (χ0v) is 43.5. The maximum Gasteiger partial charge on any atom is 0.306 e. The van der Waals surface area contributed by atoms with Crippen LogP contribution < -0.4 is 0 Å². The molecule has 0 saturated heterocycles. The molecule has 0 unspecified atom stereocenters. The van der Waals surface area contributed by atoms with Gasteiger partial charge in [-0.25, -0.2) is 0 Å². The molecular formula is C59H108O6. The van der Waals surface area contributed by atoms with E-state index in [1.165, 1.54) is 180 Å². The van der Waals surface area contributed by atoms with Crippen LogP contribution in [0.3, 0.4) is 0 Å². The van der Waals surface area contributed by atoms with Gasteiger partial charge >= 0.3 is 17.9 Å². The van der Waals surface area contributed by atoms with Crippen molar-refractivity contribution in [2.75, 3.05) is 13.2 Å². The predicted octanol–water partition coefficient (Wildman–Crippen LogP) is 18.9. The number of unbranched alkanes of at least 4 members (excludes halogenated alkanes) is 35. The topological polar surface area (TPSA) is 78.9 Å². The largest absolute Gasteiger partial charge is 0.462 e. The molecule has 0 fully saturated rings. The molecule has 0 aliphatic rings. The molecule has 0 aromatic rings. The zero-order valence-electron chi connectivity index (χ0n) is 43.5. The normalized spacial score (nSPS) is 12.2. The van der Waals surface area contributed by atoms with E-state index < -0.39 is 6.10 Å². The van der Waals surface area contributed by atoms with Crippen LogP contribution in [-0.2, 0) is 28.6 Å².